The van der Waals surface area contributed by atoms with Crippen LogP contribution in [0.4, 0.5) is 0 Å². The summed E-state index contributed by atoms with van der Waals surface area (Å²) < 4.78 is 0.742. The van der Waals surface area contributed by atoms with Crippen molar-refractivity contribution in [3.8, 4) is 5.75 Å². The summed E-state index contributed by atoms with van der Waals surface area (Å²) in [5.74, 6) is -0.204. The molecule has 1 aromatic carbocycles. The Kier molecular flexibility index (Phi) is 4.74. The molecular weight excluding hydrogens is 320 g/mol. The number of aromatic hydroxyl groups is 1. The van der Waals surface area contributed by atoms with Crippen LogP contribution < -0.4 is 0 Å². The molecule has 0 aliphatic carbocycles. The lowest BCUT2D eigenvalue weighted by Gasteiger charge is -2.18. The number of benzene rings is 1. The van der Waals surface area contributed by atoms with Crippen LogP contribution in [0, 0.1) is 0 Å². The summed E-state index contributed by atoms with van der Waals surface area (Å²) in [7, 11) is 1.73. The van der Waals surface area contributed by atoms with Crippen molar-refractivity contribution in [2.75, 3.05) is 13.6 Å². The molecule has 2 aromatic rings. The number of rotatable bonds is 4. The second-order valence-corrected chi connectivity index (χ2v) is 5.41. The molecular formula is C15H15BrN2O2. The zero-order valence-electron chi connectivity index (χ0n) is 11.1. The molecule has 0 saturated carbocycles. The molecule has 1 amide bonds. The molecule has 0 radical (unpaired) electrons. The lowest BCUT2D eigenvalue weighted by Crippen LogP contribution is -2.28. The van der Waals surface area contributed by atoms with E-state index in [-0.39, 0.29) is 11.7 Å². The molecule has 0 atom stereocenters. The highest BCUT2D eigenvalue weighted by molar-refractivity contribution is 9.10. The molecule has 20 heavy (non-hydrogen) atoms. The van der Waals surface area contributed by atoms with Gasteiger partial charge in [0.1, 0.15) is 5.75 Å². The Morgan fingerprint density at radius 3 is 2.65 bits per heavy atom. The standard InChI is InChI=1S/C15H15BrN2O2/c1-18(9-6-11-4-7-17-8-5-11)15(20)13-3-2-12(16)10-14(13)19/h2-5,7-8,10,19H,6,9H2,1H3. The van der Waals surface area contributed by atoms with E-state index >= 15 is 0 Å². The number of phenols is 1. The van der Waals surface area contributed by atoms with Gasteiger partial charge < -0.3 is 10.0 Å². The van der Waals surface area contributed by atoms with Crippen molar-refractivity contribution in [2.45, 2.75) is 6.42 Å². The lowest BCUT2D eigenvalue weighted by atomic mass is 10.1. The number of pyridine rings is 1. The summed E-state index contributed by atoms with van der Waals surface area (Å²) in [4.78, 5) is 17.8. The zero-order chi connectivity index (χ0) is 14.5. The highest BCUT2D eigenvalue weighted by Crippen LogP contribution is 2.23. The third kappa shape index (κ3) is 3.57. The molecule has 1 heterocycles. The molecule has 5 heteroatoms. The molecule has 0 saturated heterocycles. The van der Waals surface area contributed by atoms with E-state index in [4.69, 9.17) is 0 Å². The van der Waals surface area contributed by atoms with Crippen LogP contribution in [0.3, 0.4) is 0 Å². The van der Waals surface area contributed by atoms with Gasteiger partial charge in [-0.25, -0.2) is 0 Å². The second kappa shape index (κ2) is 6.52. The van der Waals surface area contributed by atoms with Crippen LogP contribution in [-0.4, -0.2) is 34.5 Å². The van der Waals surface area contributed by atoms with Crippen molar-refractivity contribution < 1.29 is 9.90 Å². The number of hydrogen-bond acceptors (Lipinski definition) is 3. The van der Waals surface area contributed by atoms with Gasteiger partial charge in [0.05, 0.1) is 5.56 Å². The maximum Gasteiger partial charge on any atom is 0.257 e. The number of aromatic nitrogens is 1. The van der Waals surface area contributed by atoms with E-state index in [1.54, 1.807) is 36.5 Å². The number of nitrogens with zero attached hydrogens (tertiary/aromatic N) is 2. The Morgan fingerprint density at radius 2 is 2.00 bits per heavy atom. The SMILES string of the molecule is CN(CCc1ccncc1)C(=O)c1ccc(Br)cc1O. The van der Waals surface area contributed by atoms with Crippen LogP contribution in [0.15, 0.2) is 47.2 Å². The van der Waals surface area contributed by atoms with E-state index in [1.807, 2.05) is 12.1 Å². The Balaban J connectivity index is 2.01. The Hall–Kier alpha value is -1.88. The van der Waals surface area contributed by atoms with Gasteiger partial charge in [0.15, 0.2) is 0 Å². The number of hydrogen-bond donors (Lipinski definition) is 1. The van der Waals surface area contributed by atoms with E-state index < -0.39 is 0 Å². The maximum absolute atomic E-state index is 12.2. The molecule has 104 valence electrons. The number of halogens is 1. The lowest BCUT2D eigenvalue weighted by molar-refractivity contribution is 0.0793. The van der Waals surface area contributed by atoms with Gasteiger partial charge in [-0.3, -0.25) is 9.78 Å². The summed E-state index contributed by atoms with van der Waals surface area (Å²) in [6, 6.07) is 8.73. The number of amides is 1. The quantitative estimate of drug-likeness (QED) is 0.935. The molecule has 0 aliphatic rings. The number of likely N-dealkylation sites (N-methyl/N-ethyl adjacent to an activating group) is 1. The molecule has 0 bridgehead atoms. The van der Waals surface area contributed by atoms with Crippen molar-refractivity contribution in [3.05, 3.63) is 58.3 Å². The first-order valence-corrected chi connectivity index (χ1v) is 7.00. The van der Waals surface area contributed by atoms with E-state index in [0.29, 0.717) is 12.1 Å². The molecule has 0 spiro atoms. The highest BCUT2D eigenvalue weighted by atomic mass is 79.9. The van der Waals surface area contributed by atoms with Crippen LogP contribution in [0.1, 0.15) is 15.9 Å². The Morgan fingerprint density at radius 1 is 1.30 bits per heavy atom. The van der Waals surface area contributed by atoms with Crippen molar-refractivity contribution in [1.82, 2.24) is 9.88 Å². The van der Waals surface area contributed by atoms with Gasteiger partial charge in [0.25, 0.3) is 5.91 Å². The fourth-order valence-electron chi connectivity index (χ4n) is 1.84. The minimum atomic E-state index is -0.191. The van der Waals surface area contributed by atoms with Gasteiger partial charge in [-0.15, -0.1) is 0 Å². The average Bonchev–Trinajstić information content (AvgIpc) is 2.45. The van der Waals surface area contributed by atoms with Crippen molar-refractivity contribution >= 4 is 21.8 Å². The van der Waals surface area contributed by atoms with E-state index in [9.17, 15) is 9.90 Å². The summed E-state index contributed by atoms with van der Waals surface area (Å²) in [5.41, 5.74) is 1.44. The largest absolute Gasteiger partial charge is 0.507 e. The van der Waals surface area contributed by atoms with Crippen LogP contribution in [0.25, 0.3) is 0 Å². The first-order valence-electron chi connectivity index (χ1n) is 6.21. The first-order chi connectivity index (χ1) is 9.58. The van der Waals surface area contributed by atoms with Gasteiger partial charge in [-0.05, 0) is 42.3 Å². The van der Waals surface area contributed by atoms with E-state index in [0.717, 1.165) is 16.5 Å². The smallest absolute Gasteiger partial charge is 0.257 e. The number of carbonyl (C=O) groups is 1. The van der Waals surface area contributed by atoms with Crippen molar-refractivity contribution in [3.63, 3.8) is 0 Å². The van der Waals surface area contributed by atoms with E-state index in [2.05, 4.69) is 20.9 Å². The van der Waals surface area contributed by atoms with Crippen molar-refractivity contribution in [1.29, 1.82) is 0 Å². The minimum Gasteiger partial charge on any atom is -0.507 e. The van der Waals surface area contributed by atoms with Crippen LogP contribution >= 0.6 is 15.9 Å². The van der Waals surface area contributed by atoms with Crippen LogP contribution in [0.5, 0.6) is 5.75 Å². The molecule has 4 nitrogen and oxygen atoms in total. The van der Waals surface area contributed by atoms with Gasteiger partial charge in [-0.2, -0.15) is 0 Å². The summed E-state index contributed by atoms with van der Waals surface area (Å²) in [5, 5.41) is 9.81. The minimum absolute atomic E-state index is 0.0138. The zero-order valence-corrected chi connectivity index (χ0v) is 12.7. The fraction of sp³-hybridized carbons (Fsp3) is 0.200. The van der Waals surface area contributed by atoms with Gasteiger partial charge >= 0.3 is 0 Å². The third-order valence-electron chi connectivity index (χ3n) is 3.02. The van der Waals surface area contributed by atoms with Gasteiger partial charge in [-0.1, -0.05) is 15.9 Å². The second-order valence-electron chi connectivity index (χ2n) is 4.49. The van der Waals surface area contributed by atoms with Crippen LogP contribution in [-0.2, 0) is 6.42 Å². The third-order valence-corrected chi connectivity index (χ3v) is 3.52. The molecule has 0 aliphatic heterocycles. The van der Waals surface area contributed by atoms with Crippen LogP contribution in [0.2, 0.25) is 0 Å². The summed E-state index contributed by atoms with van der Waals surface area (Å²) in [6.07, 6.45) is 4.22. The summed E-state index contributed by atoms with van der Waals surface area (Å²) >= 11 is 3.25. The first kappa shape index (κ1) is 14.5. The molecule has 1 N–H and O–H groups in total. The highest BCUT2D eigenvalue weighted by Gasteiger charge is 2.15. The maximum atomic E-state index is 12.2. The predicted octanol–water partition coefficient (Wildman–Crippen LogP) is 2.86. The topological polar surface area (TPSA) is 53.4 Å². The van der Waals surface area contributed by atoms with E-state index in [1.165, 1.54) is 6.07 Å². The monoisotopic (exact) mass is 334 g/mol. The van der Waals surface area contributed by atoms with Gasteiger partial charge in [0, 0.05) is 30.5 Å². The molecule has 0 fully saturated rings. The Labute approximate surface area is 126 Å². The molecule has 2 rings (SSSR count). The predicted molar refractivity (Wildman–Crippen MR) is 80.7 cm³/mol. The summed E-state index contributed by atoms with van der Waals surface area (Å²) in [6.45, 7) is 0.582. The number of carbonyl (C=O) groups excluding carboxylic acids is 1. The normalized spacial score (nSPS) is 10.3. The molecule has 1 aromatic heterocycles. The number of phenolic OH excluding ortho intramolecular Hbond substituents is 1. The van der Waals surface area contributed by atoms with Gasteiger partial charge in [0.2, 0.25) is 0 Å². The fourth-order valence-corrected chi connectivity index (χ4v) is 2.19. The average molecular weight is 335 g/mol. The van der Waals surface area contributed by atoms with Crippen molar-refractivity contribution in [2.24, 2.45) is 0 Å². The Bertz CT molecular complexity index is 602. The molecule has 0 unspecified atom stereocenters.